The van der Waals surface area contributed by atoms with Crippen molar-refractivity contribution in [3.63, 3.8) is 0 Å². The van der Waals surface area contributed by atoms with Gasteiger partial charge in [-0.15, -0.1) is 11.3 Å². The van der Waals surface area contributed by atoms with Crippen molar-refractivity contribution in [1.82, 2.24) is 5.32 Å². The van der Waals surface area contributed by atoms with E-state index in [1.165, 1.54) is 52.8 Å². The molecule has 0 bridgehead atoms. The second kappa shape index (κ2) is 5.88. The molecular weight excluding hydrogens is 272 g/mol. The van der Waals surface area contributed by atoms with Crippen molar-refractivity contribution in [2.24, 2.45) is 4.99 Å². The number of hydrogen-bond acceptors (Lipinski definition) is 3. The number of thioether (sulfide) groups is 1. The van der Waals surface area contributed by atoms with Gasteiger partial charge in [-0.1, -0.05) is 37.9 Å². The summed E-state index contributed by atoms with van der Waals surface area (Å²) in [6.07, 6.45) is 7.97. The SMILES string of the molecule is CCc1ccc(CN=C2NC3(CCCCC3)CS2)s1. The Hall–Kier alpha value is -0.480. The highest BCUT2D eigenvalue weighted by Crippen LogP contribution is 2.36. The van der Waals surface area contributed by atoms with Crippen LogP contribution in [-0.2, 0) is 13.0 Å². The quantitative estimate of drug-likeness (QED) is 0.903. The standard InChI is InChI=1S/C15H22N2S2/c1-2-12-6-7-13(19-12)10-16-14-17-15(11-18-14)8-4-3-5-9-15/h6-7H,2-5,8-11H2,1H3,(H,16,17). The molecule has 0 amide bonds. The van der Waals surface area contributed by atoms with E-state index in [9.17, 15) is 0 Å². The lowest BCUT2D eigenvalue weighted by molar-refractivity contribution is 0.303. The van der Waals surface area contributed by atoms with Crippen molar-refractivity contribution < 1.29 is 0 Å². The predicted octanol–water partition coefficient (Wildman–Crippen LogP) is 4.21. The molecule has 2 heterocycles. The first-order chi connectivity index (χ1) is 9.30. The molecule has 1 aromatic heterocycles. The zero-order valence-electron chi connectivity index (χ0n) is 11.6. The Balaban J connectivity index is 1.59. The van der Waals surface area contributed by atoms with Gasteiger partial charge in [-0.3, -0.25) is 4.99 Å². The Bertz CT molecular complexity index is 458. The van der Waals surface area contributed by atoms with Crippen molar-refractivity contribution in [3.8, 4) is 0 Å². The van der Waals surface area contributed by atoms with Crippen LogP contribution >= 0.6 is 23.1 Å². The number of thiophene rings is 1. The topological polar surface area (TPSA) is 24.4 Å². The summed E-state index contributed by atoms with van der Waals surface area (Å²) in [6.45, 7) is 3.05. The molecule has 0 aromatic carbocycles. The fraction of sp³-hybridized carbons (Fsp3) is 0.667. The summed E-state index contributed by atoms with van der Waals surface area (Å²) in [5, 5.41) is 4.89. The Morgan fingerprint density at radius 3 is 2.74 bits per heavy atom. The summed E-state index contributed by atoms with van der Waals surface area (Å²) in [5.41, 5.74) is 0.381. The van der Waals surface area contributed by atoms with Gasteiger partial charge in [-0.2, -0.15) is 0 Å². The molecule has 1 saturated heterocycles. The molecule has 1 aliphatic heterocycles. The van der Waals surface area contributed by atoms with Crippen molar-refractivity contribution >= 4 is 28.3 Å². The van der Waals surface area contributed by atoms with E-state index in [0.717, 1.165) is 13.0 Å². The number of aliphatic imine (C=N–C) groups is 1. The summed E-state index contributed by atoms with van der Waals surface area (Å²) < 4.78 is 0. The third-order valence-corrected chi connectivity index (χ3v) is 6.53. The number of aryl methyl sites for hydroxylation is 1. The molecule has 0 unspecified atom stereocenters. The Morgan fingerprint density at radius 2 is 2.00 bits per heavy atom. The lowest BCUT2D eigenvalue weighted by Gasteiger charge is -2.32. The Kier molecular flexibility index (Phi) is 4.18. The van der Waals surface area contributed by atoms with Crippen molar-refractivity contribution in [3.05, 3.63) is 21.9 Å². The van der Waals surface area contributed by atoms with E-state index in [1.807, 2.05) is 23.1 Å². The van der Waals surface area contributed by atoms with E-state index in [0.29, 0.717) is 5.54 Å². The fourth-order valence-electron chi connectivity index (χ4n) is 2.94. The van der Waals surface area contributed by atoms with E-state index in [1.54, 1.807) is 0 Å². The van der Waals surface area contributed by atoms with Gasteiger partial charge in [0.05, 0.1) is 6.54 Å². The molecule has 104 valence electrons. The Labute approximate surface area is 124 Å². The third kappa shape index (κ3) is 3.16. The smallest absolute Gasteiger partial charge is 0.157 e. The minimum atomic E-state index is 0.381. The molecule has 2 aliphatic rings. The number of nitrogens with one attached hydrogen (secondary N) is 1. The highest BCUT2D eigenvalue weighted by molar-refractivity contribution is 8.14. The van der Waals surface area contributed by atoms with Crippen LogP contribution in [0.3, 0.4) is 0 Å². The first kappa shape index (κ1) is 13.5. The summed E-state index contributed by atoms with van der Waals surface area (Å²) >= 11 is 3.82. The number of nitrogens with zero attached hydrogens (tertiary/aromatic N) is 1. The van der Waals surface area contributed by atoms with Crippen LogP contribution < -0.4 is 5.32 Å². The zero-order valence-corrected chi connectivity index (χ0v) is 13.2. The van der Waals surface area contributed by atoms with Crippen LogP contribution in [0.4, 0.5) is 0 Å². The van der Waals surface area contributed by atoms with Gasteiger partial charge >= 0.3 is 0 Å². The van der Waals surface area contributed by atoms with Crippen molar-refractivity contribution in [1.29, 1.82) is 0 Å². The van der Waals surface area contributed by atoms with E-state index in [4.69, 9.17) is 4.99 Å². The zero-order chi connectivity index (χ0) is 13.1. The maximum Gasteiger partial charge on any atom is 0.157 e. The second-order valence-electron chi connectivity index (χ2n) is 5.60. The molecule has 1 aliphatic carbocycles. The van der Waals surface area contributed by atoms with E-state index in [-0.39, 0.29) is 0 Å². The molecule has 0 radical (unpaired) electrons. The average Bonchev–Trinajstić information content (AvgIpc) is 3.05. The maximum absolute atomic E-state index is 4.77. The molecule has 19 heavy (non-hydrogen) atoms. The monoisotopic (exact) mass is 294 g/mol. The molecular formula is C15H22N2S2. The van der Waals surface area contributed by atoms with Gasteiger partial charge in [0.25, 0.3) is 0 Å². The first-order valence-corrected chi connectivity index (χ1v) is 9.13. The molecule has 3 rings (SSSR count). The van der Waals surface area contributed by atoms with E-state index in [2.05, 4.69) is 24.4 Å². The van der Waals surface area contributed by atoms with Crippen LogP contribution in [0.5, 0.6) is 0 Å². The van der Waals surface area contributed by atoms with Gasteiger partial charge in [0.15, 0.2) is 5.17 Å². The Morgan fingerprint density at radius 1 is 1.21 bits per heavy atom. The van der Waals surface area contributed by atoms with E-state index < -0.39 is 0 Å². The van der Waals surface area contributed by atoms with Gasteiger partial charge < -0.3 is 5.32 Å². The normalized spacial score (nSPS) is 23.9. The predicted molar refractivity (Wildman–Crippen MR) is 86.2 cm³/mol. The van der Waals surface area contributed by atoms with Crippen LogP contribution in [0.1, 0.15) is 48.8 Å². The van der Waals surface area contributed by atoms with Crippen LogP contribution in [0.25, 0.3) is 0 Å². The van der Waals surface area contributed by atoms with Crippen LogP contribution in [0.15, 0.2) is 17.1 Å². The molecule has 0 atom stereocenters. The minimum Gasteiger partial charge on any atom is -0.359 e. The molecule has 1 aromatic rings. The average molecular weight is 294 g/mol. The van der Waals surface area contributed by atoms with E-state index >= 15 is 0 Å². The fourth-order valence-corrected chi connectivity index (χ4v) is 5.04. The highest BCUT2D eigenvalue weighted by atomic mass is 32.2. The first-order valence-electron chi connectivity index (χ1n) is 7.33. The molecule has 1 N–H and O–H groups in total. The van der Waals surface area contributed by atoms with Crippen LogP contribution in [0.2, 0.25) is 0 Å². The second-order valence-corrected chi connectivity index (χ2v) is 7.81. The summed E-state index contributed by atoms with van der Waals surface area (Å²) in [5.74, 6) is 1.22. The molecule has 2 fully saturated rings. The van der Waals surface area contributed by atoms with Gasteiger partial charge in [0.2, 0.25) is 0 Å². The van der Waals surface area contributed by atoms with Crippen LogP contribution in [-0.4, -0.2) is 16.5 Å². The molecule has 1 spiro atoms. The summed E-state index contributed by atoms with van der Waals surface area (Å²) in [6, 6.07) is 4.46. The lowest BCUT2D eigenvalue weighted by atomic mass is 9.83. The van der Waals surface area contributed by atoms with Crippen molar-refractivity contribution in [2.75, 3.05) is 5.75 Å². The summed E-state index contributed by atoms with van der Waals surface area (Å²) in [4.78, 5) is 7.62. The summed E-state index contributed by atoms with van der Waals surface area (Å²) in [7, 11) is 0. The molecule has 2 nitrogen and oxygen atoms in total. The largest absolute Gasteiger partial charge is 0.359 e. The van der Waals surface area contributed by atoms with Crippen molar-refractivity contribution in [2.45, 2.75) is 57.5 Å². The van der Waals surface area contributed by atoms with Gasteiger partial charge in [0, 0.05) is 21.0 Å². The lowest BCUT2D eigenvalue weighted by Crippen LogP contribution is -2.45. The molecule has 1 saturated carbocycles. The minimum absolute atomic E-state index is 0.381. The number of amidine groups is 1. The highest BCUT2D eigenvalue weighted by Gasteiger charge is 2.37. The molecule has 4 heteroatoms. The number of rotatable bonds is 3. The maximum atomic E-state index is 4.77. The van der Waals surface area contributed by atoms with Crippen LogP contribution in [0, 0.1) is 0 Å². The third-order valence-electron chi connectivity index (χ3n) is 4.11. The van der Waals surface area contributed by atoms with Gasteiger partial charge in [-0.25, -0.2) is 0 Å². The van der Waals surface area contributed by atoms with Gasteiger partial charge in [0.1, 0.15) is 0 Å². The van der Waals surface area contributed by atoms with Gasteiger partial charge in [-0.05, 0) is 31.4 Å². The number of hydrogen-bond donors (Lipinski definition) is 1.